The highest BCUT2D eigenvalue weighted by molar-refractivity contribution is 8.00. The molecule has 0 fully saturated rings. The van der Waals surface area contributed by atoms with Crippen molar-refractivity contribution in [2.24, 2.45) is 5.92 Å². The molecule has 0 radical (unpaired) electrons. The van der Waals surface area contributed by atoms with Crippen LogP contribution in [0.1, 0.15) is 40.5 Å². The van der Waals surface area contributed by atoms with Crippen LogP contribution in [-0.4, -0.2) is 29.4 Å². The van der Waals surface area contributed by atoms with E-state index in [1.54, 1.807) is 18.7 Å². The lowest BCUT2D eigenvalue weighted by atomic mass is 10.0. The zero-order valence-electron chi connectivity index (χ0n) is 10.6. The molecule has 0 aliphatic carbocycles. The van der Waals surface area contributed by atoms with E-state index < -0.39 is 5.92 Å². The molecule has 0 aliphatic heterocycles. The van der Waals surface area contributed by atoms with E-state index in [-0.39, 0.29) is 11.8 Å². The molecule has 0 saturated heterocycles. The van der Waals surface area contributed by atoms with Crippen LogP contribution in [0.3, 0.4) is 0 Å². The predicted octanol–water partition coefficient (Wildman–Crippen LogP) is 2.68. The molecule has 0 saturated carbocycles. The highest BCUT2D eigenvalue weighted by Crippen LogP contribution is 2.17. The summed E-state index contributed by atoms with van der Waals surface area (Å²) in [7, 11) is 0. The molecule has 0 aromatic rings. The van der Waals surface area contributed by atoms with Crippen molar-refractivity contribution < 1.29 is 14.3 Å². The SMILES string of the molecule is CCOC(=O)C(CC)C(=O)CSC(C)CC. The summed E-state index contributed by atoms with van der Waals surface area (Å²) in [6.45, 7) is 8.10. The van der Waals surface area contributed by atoms with Crippen LogP contribution in [0.2, 0.25) is 0 Å². The van der Waals surface area contributed by atoms with E-state index in [4.69, 9.17) is 4.74 Å². The van der Waals surface area contributed by atoms with Crippen molar-refractivity contribution in [2.75, 3.05) is 12.4 Å². The lowest BCUT2D eigenvalue weighted by molar-refractivity contribution is -0.151. The molecule has 0 aromatic heterocycles. The molecule has 4 heteroatoms. The van der Waals surface area contributed by atoms with Crippen molar-refractivity contribution in [1.82, 2.24) is 0 Å². The fourth-order valence-corrected chi connectivity index (χ4v) is 2.10. The van der Waals surface area contributed by atoms with Gasteiger partial charge in [-0.3, -0.25) is 9.59 Å². The Morgan fingerprint density at radius 1 is 1.19 bits per heavy atom. The van der Waals surface area contributed by atoms with E-state index >= 15 is 0 Å². The van der Waals surface area contributed by atoms with Gasteiger partial charge in [-0.1, -0.05) is 20.8 Å². The van der Waals surface area contributed by atoms with Gasteiger partial charge < -0.3 is 4.74 Å². The van der Waals surface area contributed by atoms with Gasteiger partial charge in [-0.25, -0.2) is 0 Å². The zero-order valence-corrected chi connectivity index (χ0v) is 11.4. The van der Waals surface area contributed by atoms with Gasteiger partial charge in [0.05, 0.1) is 12.4 Å². The summed E-state index contributed by atoms with van der Waals surface area (Å²) >= 11 is 1.61. The van der Waals surface area contributed by atoms with Crippen molar-refractivity contribution >= 4 is 23.5 Å². The number of hydrogen-bond donors (Lipinski definition) is 0. The number of carbonyl (C=O) groups excluding carboxylic acids is 2. The third kappa shape index (κ3) is 5.54. The van der Waals surface area contributed by atoms with E-state index in [0.717, 1.165) is 6.42 Å². The summed E-state index contributed by atoms with van der Waals surface area (Å²) in [5.74, 6) is -0.547. The van der Waals surface area contributed by atoms with Gasteiger partial charge in [-0.2, -0.15) is 11.8 Å². The molecule has 0 amide bonds. The summed E-state index contributed by atoms with van der Waals surface area (Å²) < 4.78 is 4.88. The Hall–Kier alpha value is -0.510. The summed E-state index contributed by atoms with van der Waals surface area (Å²) in [6, 6.07) is 0. The maximum Gasteiger partial charge on any atom is 0.316 e. The summed E-state index contributed by atoms with van der Waals surface area (Å²) in [6.07, 6.45) is 1.56. The first-order valence-electron chi connectivity index (χ1n) is 5.87. The topological polar surface area (TPSA) is 43.4 Å². The minimum absolute atomic E-state index is 0.00810. The van der Waals surface area contributed by atoms with Crippen LogP contribution in [0.5, 0.6) is 0 Å². The molecule has 0 bridgehead atoms. The largest absolute Gasteiger partial charge is 0.465 e. The first-order valence-corrected chi connectivity index (χ1v) is 6.92. The number of Topliss-reactive ketones (excluding diaryl/α,β-unsaturated/α-hetero) is 1. The smallest absolute Gasteiger partial charge is 0.316 e. The molecule has 0 aromatic carbocycles. The Morgan fingerprint density at radius 3 is 2.25 bits per heavy atom. The van der Waals surface area contributed by atoms with Crippen molar-refractivity contribution in [2.45, 2.75) is 45.8 Å². The van der Waals surface area contributed by atoms with Crippen molar-refractivity contribution in [3.05, 3.63) is 0 Å². The van der Waals surface area contributed by atoms with Gasteiger partial charge in [0, 0.05) is 5.25 Å². The van der Waals surface area contributed by atoms with E-state index in [1.807, 2.05) is 6.92 Å². The molecular formula is C12H22O3S. The van der Waals surface area contributed by atoms with Gasteiger partial charge in [-0.05, 0) is 19.8 Å². The van der Waals surface area contributed by atoms with E-state index in [0.29, 0.717) is 24.0 Å². The van der Waals surface area contributed by atoms with Crippen LogP contribution >= 0.6 is 11.8 Å². The van der Waals surface area contributed by atoms with Gasteiger partial charge >= 0.3 is 5.97 Å². The Morgan fingerprint density at radius 2 is 1.81 bits per heavy atom. The first-order chi connectivity index (χ1) is 7.56. The Kier molecular flexibility index (Phi) is 8.35. The summed E-state index contributed by atoms with van der Waals surface area (Å²) in [4.78, 5) is 23.3. The lowest BCUT2D eigenvalue weighted by Gasteiger charge is -2.13. The normalized spacial score (nSPS) is 14.2. The van der Waals surface area contributed by atoms with Gasteiger partial charge in [0.2, 0.25) is 0 Å². The van der Waals surface area contributed by atoms with E-state index in [2.05, 4.69) is 13.8 Å². The van der Waals surface area contributed by atoms with Crippen LogP contribution in [0.4, 0.5) is 0 Å². The maximum absolute atomic E-state index is 11.8. The van der Waals surface area contributed by atoms with Crippen LogP contribution in [0.15, 0.2) is 0 Å². The number of esters is 1. The molecule has 0 heterocycles. The molecule has 2 unspecified atom stereocenters. The Labute approximate surface area is 102 Å². The van der Waals surface area contributed by atoms with Gasteiger partial charge in [0.15, 0.2) is 5.78 Å². The minimum Gasteiger partial charge on any atom is -0.465 e. The second-order valence-electron chi connectivity index (χ2n) is 3.71. The highest BCUT2D eigenvalue weighted by atomic mass is 32.2. The van der Waals surface area contributed by atoms with Crippen LogP contribution in [-0.2, 0) is 14.3 Å². The average Bonchev–Trinajstić information content (AvgIpc) is 2.27. The number of ether oxygens (including phenoxy) is 1. The van der Waals surface area contributed by atoms with E-state index in [1.165, 1.54) is 0 Å². The third-order valence-corrected chi connectivity index (χ3v) is 3.81. The van der Waals surface area contributed by atoms with Crippen LogP contribution in [0.25, 0.3) is 0 Å². The number of rotatable bonds is 8. The molecule has 16 heavy (non-hydrogen) atoms. The fraction of sp³-hybridized carbons (Fsp3) is 0.833. The first kappa shape index (κ1) is 15.5. The number of hydrogen-bond acceptors (Lipinski definition) is 4. The molecule has 0 spiro atoms. The fourth-order valence-electron chi connectivity index (χ4n) is 1.21. The highest BCUT2D eigenvalue weighted by Gasteiger charge is 2.25. The predicted molar refractivity (Wildman–Crippen MR) is 67.6 cm³/mol. The molecule has 3 nitrogen and oxygen atoms in total. The number of carbonyl (C=O) groups is 2. The number of thioether (sulfide) groups is 1. The number of ketones is 1. The summed E-state index contributed by atoms with van der Waals surface area (Å²) in [5.41, 5.74) is 0. The lowest BCUT2D eigenvalue weighted by Crippen LogP contribution is -2.27. The molecular weight excluding hydrogens is 224 g/mol. The Balaban J connectivity index is 4.15. The minimum atomic E-state index is -0.573. The standard InChI is InChI=1S/C12H22O3S/c1-5-9(4)16-8-11(13)10(6-2)12(14)15-7-3/h9-10H,5-8H2,1-4H3. The van der Waals surface area contributed by atoms with Gasteiger partial charge in [0.25, 0.3) is 0 Å². The molecule has 94 valence electrons. The average molecular weight is 246 g/mol. The second-order valence-corrected chi connectivity index (χ2v) is 5.14. The van der Waals surface area contributed by atoms with Crippen molar-refractivity contribution in [3.63, 3.8) is 0 Å². The molecule has 0 aliphatic rings. The molecule has 0 rings (SSSR count). The van der Waals surface area contributed by atoms with Crippen molar-refractivity contribution in [3.8, 4) is 0 Å². The summed E-state index contributed by atoms with van der Waals surface area (Å²) in [5, 5.41) is 0.462. The third-order valence-electron chi connectivity index (χ3n) is 2.45. The quantitative estimate of drug-likeness (QED) is 0.488. The van der Waals surface area contributed by atoms with Crippen LogP contribution in [0, 0.1) is 5.92 Å². The molecule has 2 atom stereocenters. The van der Waals surface area contributed by atoms with E-state index in [9.17, 15) is 9.59 Å². The second kappa shape index (κ2) is 8.62. The maximum atomic E-state index is 11.8. The van der Waals surface area contributed by atoms with Crippen LogP contribution < -0.4 is 0 Å². The monoisotopic (exact) mass is 246 g/mol. The Bertz CT molecular complexity index is 228. The van der Waals surface area contributed by atoms with Gasteiger partial charge in [0.1, 0.15) is 5.92 Å². The zero-order chi connectivity index (χ0) is 12.6. The van der Waals surface area contributed by atoms with Crippen molar-refractivity contribution in [1.29, 1.82) is 0 Å². The molecule has 0 N–H and O–H groups in total. The van der Waals surface area contributed by atoms with Gasteiger partial charge in [-0.15, -0.1) is 0 Å².